The fourth-order valence-electron chi connectivity index (χ4n) is 1.42. The van der Waals surface area contributed by atoms with Crippen molar-refractivity contribution in [3.63, 3.8) is 0 Å². The smallest absolute Gasteiger partial charge is 0.250 e. The van der Waals surface area contributed by atoms with Gasteiger partial charge in [0.05, 0.1) is 11.1 Å². The van der Waals surface area contributed by atoms with E-state index >= 15 is 0 Å². The van der Waals surface area contributed by atoms with Gasteiger partial charge < -0.3 is 5.73 Å². The summed E-state index contributed by atoms with van der Waals surface area (Å²) in [6.45, 7) is 0. The van der Waals surface area contributed by atoms with Gasteiger partial charge in [0.25, 0.3) is 0 Å². The van der Waals surface area contributed by atoms with E-state index in [0.29, 0.717) is 21.7 Å². The van der Waals surface area contributed by atoms with Crippen LogP contribution in [-0.2, 0) is 0 Å². The minimum Gasteiger partial charge on any atom is -0.366 e. The van der Waals surface area contributed by atoms with Crippen molar-refractivity contribution in [1.29, 1.82) is 5.26 Å². The highest BCUT2D eigenvalue weighted by molar-refractivity contribution is 7.98. The molecule has 0 atom stereocenters. The first-order chi connectivity index (χ1) is 7.67. The molecule has 0 unspecified atom stereocenters. The Balaban J connectivity index is 2.73. The number of pyridine rings is 1. The van der Waals surface area contributed by atoms with Gasteiger partial charge in [0.15, 0.2) is 0 Å². The lowest BCUT2D eigenvalue weighted by Gasteiger charge is -1.96. The zero-order chi connectivity index (χ0) is 11.7. The van der Waals surface area contributed by atoms with Crippen molar-refractivity contribution in [3.8, 4) is 6.07 Å². The number of carbonyl (C=O) groups excluding carboxylic acids is 1. The monoisotopic (exact) mass is 232 g/mol. The van der Waals surface area contributed by atoms with Crippen molar-refractivity contribution in [3.05, 3.63) is 29.5 Å². The highest BCUT2D eigenvalue weighted by Gasteiger charge is 2.12. The topological polar surface area (TPSA) is 84.2 Å². The van der Waals surface area contributed by atoms with E-state index in [1.54, 1.807) is 12.1 Å². The number of thioether (sulfide) groups is 1. The summed E-state index contributed by atoms with van der Waals surface area (Å²) in [6.07, 6.45) is 3.37. The Morgan fingerprint density at radius 3 is 2.94 bits per heavy atom. The maximum absolute atomic E-state index is 11.0. The number of carbonyl (C=O) groups is 1. The minimum absolute atomic E-state index is 0.368. The van der Waals surface area contributed by atoms with Crippen molar-refractivity contribution >= 4 is 23.2 Å². The fourth-order valence-corrected chi connectivity index (χ4v) is 1.95. The average Bonchev–Trinajstić information content (AvgIpc) is 2.65. The number of nitrogens with zero attached hydrogens (tertiary/aromatic N) is 3. The number of hydrogen-bond acceptors (Lipinski definition) is 4. The molecule has 0 spiro atoms. The first-order valence-corrected chi connectivity index (χ1v) is 5.66. The van der Waals surface area contributed by atoms with E-state index < -0.39 is 5.91 Å². The van der Waals surface area contributed by atoms with Gasteiger partial charge in [-0.05, 0) is 18.4 Å². The summed E-state index contributed by atoms with van der Waals surface area (Å²) in [6, 6.07) is 5.36. The third-order valence-corrected chi connectivity index (χ3v) is 2.86. The Morgan fingerprint density at radius 1 is 1.62 bits per heavy atom. The van der Waals surface area contributed by atoms with Crippen LogP contribution >= 0.6 is 11.8 Å². The molecule has 6 heteroatoms. The molecule has 2 heterocycles. The summed E-state index contributed by atoms with van der Waals surface area (Å²) in [7, 11) is 0. The third kappa shape index (κ3) is 1.51. The second-order valence-corrected chi connectivity index (χ2v) is 3.90. The molecule has 0 aliphatic heterocycles. The Kier molecular flexibility index (Phi) is 2.54. The third-order valence-electron chi connectivity index (χ3n) is 2.19. The molecule has 0 radical (unpaired) electrons. The molecular formula is C10H8N4OS. The molecule has 1 amide bonds. The maximum atomic E-state index is 11.0. The summed E-state index contributed by atoms with van der Waals surface area (Å²) < 4.78 is 1.50. The highest BCUT2D eigenvalue weighted by Crippen LogP contribution is 2.22. The molecule has 80 valence electrons. The molecule has 5 nitrogen and oxygen atoms in total. The van der Waals surface area contributed by atoms with Crippen LogP contribution in [0.1, 0.15) is 15.9 Å². The summed E-state index contributed by atoms with van der Waals surface area (Å²) in [5, 5.41) is 13.8. The Hall–Kier alpha value is -2.00. The van der Waals surface area contributed by atoms with E-state index in [1.165, 1.54) is 22.5 Å². The van der Waals surface area contributed by atoms with Crippen LogP contribution in [0.4, 0.5) is 0 Å². The molecule has 2 N–H and O–H groups in total. The van der Waals surface area contributed by atoms with E-state index in [2.05, 4.69) is 11.2 Å². The van der Waals surface area contributed by atoms with Crippen LogP contribution in [0.2, 0.25) is 0 Å². The van der Waals surface area contributed by atoms with Gasteiger partial charge >= 0.3 is 0 Å². The van der Waals surface area contributed by atoms with E-state index in [9.17, 15) is 4.79 Å². The van der Waals surface area contributed by atoms with Crippen molar-refractivity contribution in [1.82, 2.24) is 9.61 Å². The molecule has 0 saturated carbocycles. The largest absolute Gasteiger partial charge is 0.366 e. The van der Waals surface area contributed by atoms with Crippen LogP contribution in [0.15, 0.2) is 23.4 Å². The number of nitrogens with two attached hydrogens (primary N) is 1. The van der Waals surface area contributed by atoms with Crippen molar-refractivity contribution in [2.45, 2.75) is 5.03 Å². The molecular weight excluding hydrogens is 224 g/mol. The van der Waals surface area contributed by atoms with E-state index in [4.69, 9.17) is 11.0 Å². The first kappa shape index (κ1) is 10.5. The zero-order valence-corrected chi connectivity index (χ0v) is 9.28. The Bertz CT molecular complexity index is 611. The van der Waals surface area contributed by atoms with Gasteiger partial charge in [-0.3, -0.25) is 4.79 Å². The van der Waals surface area contributed by atoms with E-state index in [-0.39, 0.29) is 0 Å². The SMILES string of the molecule is CSc1nn2cc(C(N)=O)ccc2c1C#N. The Labute approximate surface area is 95.8 Å². The molecule has 2 aromatic heterocycles. The van der Waals surface area contributed by atoms with Crippen molar-refractivity contribution in [2.24, 2.45) is 5.73 Å². The fraction of sp³-hybridized carbons (Fsp3) is 0.100. The van der Waals surface area contributed by atoms with Gasteiger partial charge in [-0.2, -0.15) is 10.4 Å². The average molecular weight is 232 g/mol. The van der Waals surface area contributed by atoms with Crippen molar-refractivity contribution in [2.75, 3.05) is 6.26 Å². The van der Waals surface area contributed by atoms with E-state index in [1.807, 2.05) is 6.26 Å². The molecule has 2 aromatic rings. The van der Waals surface area contributed by atoms with Gasteiger partial charge in [-0.25, -0.2) is 4.52 Å². The van der Waals surface area contributed by atoms with Crippen LogP contribution in [0.3, 0.4) is 0 Å². The summed E-state index contributed by atoms with van der Waals surface area (Å²) in [5.41, 5.74) is 6.73. The molecule has 16 heavy (non-hydrogen) atoms. The normalized spacial score (nSPS) is 10.2. The van der Waals surface area contributed by atoms with Crippen LogP contribution < -0.4 is 5.73 Å². The molecule has 0 fully saturated rings. The lowest BCUT2D eigenvalue weighted by Crippen LogP contribution is -2.11. The van der Waals surface area contributed by atoms with Gasteiger partial charge in [0.1, 0.15) is 16.7 Å². The second kappa shape index (κ2) is 3.87. The standard InChI is InChI=1S/C10H8N4OS/c1-16-10-7(4-11)8-3-2-6(9(12)15)5-14(8)13-10/h2-3,5H,1H3,(H2,12,15). The molecule has 2 rings (SSSR count). The Morgan fingerprint density at radius 2 is 2.38 bits per heavy atom. The zero-order valence-electron chi connectivity index (χ0n) is 8.47. The van der Waals surface area contributed by atoms with Crippen LogP contribution in [0.25, 0.3) is 5.52 Å². The lowest BCUT2D eigenvalue weighted by molar-refractivity contribution is 0.1000. The predicted molar refractivity (Wildman–Crippen MR) is 60.2 cm³/mol. The minimum atomic E-state index is -0.512. The molecule has 0 aliphatic rings. The number of nitriles is 1. The maximum Gasteiger partial charge on any atom is 0.250 e. The van der Waals surface area contributed by atoms with Gasteiger partial charge in [0.2, 0.25) is 5.91 Å². The number of fused-ring (bicyclic) bond motifs is 1. The molecule has 0 aromatic carbocycles. The molecule has 0 aliphatic carbocycles. The van der Waals surface area contributed by atoms with Crippen LogP contribution in [-0.4, -0.2) is 21.8 Å². The lowest BCUT2D eigenvalue weighted by atomic mass is 10.2. The first-order valence-electron chi connectivity index (χ1n) is 4.43. The predicted octanol–water partition coefficient (Wildman–Crippen LogP) is 1.03. The summed E-state index contributed by atoms with van der Waals surface area (Å²) in [4.78, 5) is 11.0. The highest BCUT2D eigenvalue weighted by atomic mass is 32.2. The number of rotatable bonds is 2. The quantitative estimate of drug-likeness (QED) is 0.783. The number of primary amides is 1. The van der Waals surface area contributed by atoms with Gasteiger partial charge in [0, 0.05) is 6.20 Å². The summed E-state index contributed by atoms with van der Waals surface area (Å²) in [5.74, 6) is -0.512. The number of hydrogen-bond donors (Lipinski definition) is 1. The second-order valence-electron chi connectivity index (χ2n) is 3.11. The molecule has 0 bridgehead atoms. The van der Waals surface area contributed by atoms with Crippen LogP contribution in [0.5, 0.6) is 0 Å². The summed E-state index contributed by atoms with van der Waals surface area (Å²) >= 11 is 1.39. The molecule has 0 saturated heterocycles. The van der Waals surface area contributed by atoms with Crippen LogP contribution in [0, 0.1) is 11.3 Å². The van der Waals surface area contributed by atoms with Gasteiger partial charge in [-0.1, -0.05) is 0 Å². The number of amides is 1. The van der Waals surface area contributed by atoms with Crippen molar-refractivity contribution < 1.29 is 4.79 Å². The van der Waals surface area contributed by atoms with E-state index in [0.717, 1.165) is 0 Å². The number of aromatic nitrogens is 2. The van der Waals surface area contributed by atoms with Gasteiger partial charge in [-0.15, -0.1) is 11.8 Å².